The van der Waals surface area contributed by atoms with Crippen LogP contribution in [0.1, 0.15) is 33.4 Å². The van der Waals surface area contributed by atoms with Crippen molar-refractivity contribution in [3.8, 4) is 90.1 Å². The smallest absolute Gasteiger partial charge is 0.120 e. The van der Waals surface area contributed by atoms with Gasteiger partial charge in [0.1, 0.15) is 60.9 Å². The highest BCUT2D eigenvalue weighted by molar-refractivity contribution is 5.82. The van der Waals surface area contributed by atoms with Gasteiger partial charge in [-0.05, 0) is 162 Å². The van der Waals surface area contributed by atoms with Gasteiger partial charge in [0.05, 0.1) is 304 Å². The van der Waals surface area contributed by atoms with Crippen LogP contribution in [0.3, 0.4) is 0 Å². The Kier molecular flexibility index (Phi) is 64.3. The first-order valence-corrected chi connectivity index (χ1v) is 51.8. The molecular weight excluding hydrogens is 1920 g/mol. The fourth-order valence-corrected chi connectivity index (χ4v) is 14.7. The van der Waals surface area contributed by atoms with Crippen LogP contribution < -0.4 is 28.4 Å². The molecule has 10 rings (SSSR count). The van der Waals surface area contributed by atoms with E-state index >= 15 is 0 Å². The average molecular weight is 2080 g/mol. The van der Waals surface area contributed by atoms with Crippen LogP contribution in [-0.2, 0) is 140 Å². The topological polar surface area (TPSA) is 277 Å². The number of hydrogen-bond acceptors (Lipinski definition) is 30. The Morgan fingerprint density at radius 1 is 0.167 bits per heavy atom. The minimum absolute atomic E-state index is 0.0452. The van der Waals surface area contributed by atoms with Crippen LogP contribution in [0, 0.1) is 11.8 Å². The third-order valence-corrected chi connectivity index (χ3v) is 23.0. The van der Waals surface area contributed by atoms with Gasteiger partial charge in [-0.25, -0.2) is 0 Å². The van der Waals surface area contributed by atoms with Gasteiger partial charge < -0.3 is 142 Å². The summed E-state index contributed by atoms with van der Waals surface area (Å²) in [4.78, 5) is 0. The van der Waals surface area contributed by atoms with E-state index in [0.29, 0.717) is 330 Å². The van der Waals surface area contributed by atoms with E-state index in [1.54, 1.807) is 28.4 Å². The molecule has 0 N–H and O–H groups in total. The van der Waals surface area contributed by atoms with Gasteiger partial charge in [-0.15, -0.1) is 0 Å². The van der Waals surface area contributed by atoms with Crippen molar-refractivity contribution in [3.63, 3.8) is 0 Å². The Morgan fingerprint density at radius 2 is 0.320 bits per heavy atom. The maximum atomic E-state index is 6.39. The van der Waals surface area contributed by atoms with Crippen LogP contribution in [0.4, 0.5) is 0 Å². The average Bonchev–Trinajstić information content (AvgIpc) is 0.799. The molecule has 0 fully saturated rings. The molecular formula is C120H158O30. The Bertz CT molecular complexity index is 4650. The van der Waals surface area contributed by atoms with Crippen LogP contribution in [0.5, 0.6) is 34.5 Å². The fraction of sp³-hybridized carbons (Fsp3) is 0.467. The molecule has 0 amide bonds. The molecule has 0 aliphatic carbocycles. The Labute approximate surface area is 887 Å². The zero-order valence-corrected chi connectivity index (χ0v) is 88.3. The van der Waals surface area contributed by atoms with Crippen LogP contribution in [0.2, 0.25) is 0 Å². The SMILES string of the molecule is C=Cc1cc(OCc2ccc(-c3ccc(COc4ccc(-c5ccc(OCC(COCCOCCOCCOCCOCCOC)COCCOCCOCCOCCOCCOC)cc5)cc4)cc3)cc2)ccc1-c1ccc(OCc2ccc(-c3ccc(COc4ccc(-c5ccc(OCC(COCCOCCOCCOCCOCCOC)COCCOCCOCCOCCOCCOC)cc5)cc4)cc3)cc2)cc1C=C. The summed E-state index contributed by atoms with van der Waals surface area (Å²) in [6.45, 7) is 32.0. The molecule has 0 saturated heterocycles. The van der Waals surface area contributed by atoms with Gasteiger partial charge in [0.15, 0.2) is 0 Å². The molecule has 0 aliphatic heterocycles. The van der Waals surface area contributed by atoms with Gasteiger partial charge in [0.25, 0.3) is 0 Å². The predicted molar refractivity (Wildman–Crippen MR) is 579 cm³/mol. The van der Waals surface area contributed by atoms with Gasteiger partial charge in [0.2, 0.25) is 0 Å². The molecule has 30 nitrogen and oxygen atoms in total. The molecule has 818 valence electrons. The molecule has 0 bridgehead atoms. The molecule has 0 aromatic heterocycles. The second kappa shape index (κ2) is 79.5. The van der Waals surface area contributed by atoms with Crippen molar-refractivity contribution in [2.24, 2.45) is 11.8 Å². The zero-order valence-electron chi connectivity index (χ0n) is 88.3. The number of benzene rings is 10. The summed E-state index contributed by atoms with van der Waals surface area (Å²) in [5.41, 5.74) is 16.8. The minimum Gasteiger partial charge on any atom is -0.493 e. The van der Waals surface area contributed by atoms with E-state index < -0.39 is 0 Å². The van der Waals surface area contributed by atoms with E-state index in [9.17, 15) is 0 Å². The lowest BCUT2D eigenvalue weighted by atomic mass is 9.95. The lowest BCUT2D eigenvalue weighted by molar-refractivity contribution is -0.0321. The molecule has 0 spiro atoms. The first kappa shape index (κ1) is 121. The number of methoxy groups -OCH3 is 4. The fourth-order valence-electron chi connectivity index (χ4n) is 14.7. The molecule has 0 atom stereocenters. The molecule has 0 radical (unpaired) electrons. The van der Waals surface area contributed by atoms with Crippen LogP contribution in [0.25, 0.3) is 67.8 Å². The van der Waals surface area contributed by atoms with E-state index in [4.69, 9.17) is 142 Å². The summed E-state index contributed by atoms with van der Waals surface area (Å²) < 4.78 is 171. The maximum Gasteiger partial charge on any atom is 0.120 e. The van der Waals surface area contributed by atoms with Crippen molar-refractivity contribution in [2.45, 2.75) is 26.4 Å². The van der Waals surface area contributed by atoms with E-state index in [2.05, 4.69) is 171 Å². The summed E-state index contributed by atoms with van der Waals surface area (Å²) >= 11 is 0. The Hall–Kier alpha value is -10.5. The zero-order chi connectivity index (χ0) is 105. The van der Waals surface area contributed by atoms with Gasteiger partial charge in [-0.2, -0.15) is 0 Å². The standard InChI is InChI=1S/C120H158O30/c1-7-103-85-117(149-93-99-13-21-107(22-14-99)105-17-9-97(10-18-105)91-145-113-33-25-109(26-34-113)111-29-37-115(38-30-111)147-95-101(87-141-81-77-137-73-69-133-65-61-129-57-53-125-49-45-121-3)88-142-82-78-138-74-70-134-66-62-130-58-54-126-50-46-122-4)41-43-119(103)120-44-42-118(86-104(120)8-2)150-94-100-15-23-108(24-16-100)106-19-11-98(12-20-106)92-146-114-35-27-110(28-36-114)112-31-39-116(40-32-112)148-96-102(89-143-83-79-139-75-71-135-67-63-131-59-55-127-51-47-123-5)90-144-84-80-140-76-72-136-68-64-132-60-56-128-52-48-124-6/h7-44,85-86,101-102H,1-2,45-84,87-96H2,3-6H3. The van der Waals surface area contributed by atoms with E-state index in [-0.39, 0.29) is 11.8 Å². The second-order valence-corrected chi connectivity index (χ2v) is 34.4. The highest BCUT2D eigenvalue weighted by Crippen LogP contribution is 2.36. The third kappa shape index (κ3) is 52.2. The lowest BCUT2D eigenvalue weighted by Crippen LogP contribution is -2.25. The molecule has 10 aromatic carbocycles. The molecule has 150 heavy (non-hydrogen) atoms. The normalized spacial score (nSPS) is 11.5. The molecule has 30 heteroatoms. The predicted octanol–water partition coefficient (Wildman–Crippen LogP) is 18.5. The summed E-state index contributed by atoms with van der Waals surface area (Å²) in [6.07, 6.45) is 3.72. The summed E-state index contributed by atoms with van der Waals surface area (Å²) in [5, 5.41) is 0. The van der Waals surface area contributed by atoms with Crippen molar-refractivity contribution in [2.75, 3.05) is 332 Å². The molecule has 10 aromatic rings. The highest BCUT2D eigenvalue weighted by Gasteiger charge is 2.18. The van der Waals surface area contributed by atoms with Crippen LogP contribution >= 0.6 is 0 Å². The Morgan fingerprint density at radius 3 is 0.500 bits per heavy atom. The largest absolute Gasteiger partial charge is 0.493 e. The summed E-state index contributed by atoms with van der Waals surface area (Å²) in [6, 6.07) is 78.5. The maximum absolute atomic E-state index is 6.39. The molecule has 0 aliphatic rings. The minimum atomic E-state index is -0.0452. The van der Waals surface area contributed by atoms with Crippen molar-refractivity contribution in [1.82, 2.24) is 0 Å². The van der Waals surface area contributed by atoms with Gasteiger partial charge in [-0.1, -0.05) is 183 Å². The number of hydrogen-bond donors (Lipinski definition) is 0. The number of ether oxygens (including phenoxy) is 30. The summed E-state index contributed by atoms with van der Waals surface area (Å²) in [7, 11) is 6.59. The third-order valence-electron chi connectivity index (χ3n) is 23.0. The lowest BCUT2D eigenvalue weighted by Gasteiger charge is -2.18. The van der Waals surface area contributed by atoms with Crippen molar-refractivity contribution >= 4 is 12.2 Å². The first-order chi connectivity index (χ1) is 74.3. The molecule has 0 unspecified atom stereocenters. The summed E-state index contributed by atoms with van der Waals surface area (Å²) in [5.74, 6) is 4.44. The van der Waals surface area contributed by atoms with Gasteiger partial charge in [-0.3, -0.25) is 0 Å². The van der Waals surface area contributed by atoms with Gasteiger partial charge in [0, 0.05) is 40.3 Å². The highest BCUT2D eigenvalue weighted by atomic mass is 16.6. The van der Waals surface area contributed by atoms with Gasteiger partial charge >= 0.3 is 0 Å². The van der Waals surface area contributed by atoms with E-state index in [1.807, 2.05) is 84.9 Å². The Balaban J connectivity index is 0.593. The molecule has 0 saturated carbocycles. The van der Waals surface area contributed by atoms with E-state index in [0.717, 1.165) is 124 Å². The number of rotatable bonds is 93. The first-order valence-electron chi connectivity index (χ1n) is 51.8. The quantitative estimate of drug-likeness (QED) is 0.0320. The molecule has 0 heterocycles. The van der Waals surface area contributed by atoms with Crippen molar-refractivity contribution < 1.29 is 142 Å². The van der Waals surface area contributed by atoms with E-state index in [1.165, 1.54) is 0 Å². The monoisotopic (exact) mass is 2080 g/mol. The van der Waals surface area contributed by atoms with Crippen LogP contribution in [0.15, 0.2) is 244 Å². The van der Waals surface area contributed by atoms with Crippen LogP contribution in [-0.4, -0.2) is 332 Å². The second-order valence-electron chi connectivity index (χ2n) is 34.4. The van der Waals surface area contributed by atoms with Crippen molar-refractivity contribution in [1.29, 1.82) is 0 Å². The van der Waals surface area contributed by atoms with Crippen molar-refractivity contribution in [3.05, 3.63) is 277 Å².